The molecule has 0 radical (unpaired) electrons. The van der Waals surface area contributed by atoms with Crippen molar-refractivity contribution in [3.8, 4) is 0 Å². The van der Waals surface area contributed by atoms with E-state index >= 15 is 0 Å². The fourth-order valence-electron chi connectivity index (χ4n) is 4.94. The van der Waals surface area contributed by atoms with Crippen LogP contribution < -0.4 is 5.32 Å². The van der Waals surface area contributed by atoms with Crippen LogP contribution in [0.5, 0.6) is 0 Å². The molecule has 4 rings (SSSR count). The Balaban J connectivity index is 1.41. The van der Waals surface area contributed by atoms with Crippen molar-refractivity contribution in [2.24, 2.45) is 0 Å². The number of hydrogen-bond acceptors (Lipinski definition) is 2. The van der Waals surface area contributed by atoms with E-state index in [1.807, 2.05) is 12.1 Å². The number of aryl methyl sites for hydroxylation is 1. The van der Waals surface area contributed by atoms with Gasteiger partial charge < -0.3 is 10.2 Å². The van der Waals surface area contributed by atoms with Crippen molar-refractivity contribution < 1.29 is 4.79 Å². The van der Waals surface area contributed by atoms with Crippen molar-refractivity contribution in [1.82, 2.24) is 10.2 Å². The molecule has 1 amide bonds. The zero-order valence-corrected chi connectivity index (χ0v) is 17.5. The third kappa shape index (κ3) is 5.27. The van der Waals surface area contributed by atoms with Gasteiger partial charge in [-0.1, -0.05) is 48.9 Å². The predicted octanol–water partition coefficient (Wildman–Crippen LogP) is 4.96. The molecule has 154 valence electrons. The second-order valence-electron chi connectivity index (χ2n) is 8.66. The quantitative estimate of drug-likeness (QED) is 0.725. The second-order valence-corrected chi connectivity index (χ2v) is 8.66. The number of nitrogens with zero attached hydrogens (tertiary/aromatic N) is 1. The highest BCUT2D eigenvalue weighted by atomic mass is 16.1. The van der Waals surface area contributed by atoms with Gasteiger partial charge in [0.1, 0.15) is 0 Å². The first-order valence-corrected chi connectivity index (χ1v) is 11.5. The van der Waals surface area contributed by atoms with E-state index < -0.39 is 0 Å². The van der Waals surface area contributed by atoms with Gasteiger partial charge in [0.2, 0.25) is 0 Å². The molecule has 1 heterocycles. The van der Waals surface area contributed by atoms with E-state index in [2.05, 4.69) is 46.6 Å². The Hall–Kier alpha value is -2.13. The Labute approximate surface area is 175 Å². The van der Waals surface area contributed by atoms with E-state index in [1.165, 1.54) is 61.9 Å². The fourth-order valence-corrected chi connectivity index (χ4v) is 4.94. The first-order valence-electron chi connectivity index (χ1n) is 11.5. The van der Waals surface area contributed by atoms with E-state index in [-0.39, 0.29) is 5.91 Å². The number of piperidine rings is 1. The van der Waals surface area contributed by atoms with Gasteiger partial charge in [-0.25, -0.2) is 0 Å². The van der Waals surface area contributed by atoms with Crippen LogP contribution in [-0.2, 0) is 12.8 Å². The molecule has 1 aliphatic heterocycles. The lowest BCUT2D eigenvalue weighted by atomic mass is 9.88. The van der Waals surface area contributed by atoms with Crippen LogP contribution >= 0.6 is 0 Å². The minimum absolute atomic E-state index is 0.0997. The van der Waals surface area contributed by atoms with Crippen LogP contribution in [0.2, 0.25) is 0 Å². The average Bonchev–Trinajstić information content (AvgIpc) is 2.80. The summed E-state index contributed by atoms with van der Waals surface area (Å²) in [5, 5.41) is 3.28. The molecule has 1 fully saturated rings. The summed E-state index contributed by atoms with van der Waals surface area (Å²) in [6.07, 6.45) is 9.70. The molecule has 0 aromatic heterocycles. The van der Waals surface area contributed by atoms with Gasteiger partial charge in [-0.05, 0) is 87.3 Å². The van der Waals surface area contributed by atoms with Gasteiger partial charge in [0.05, 0.1) is 0 Å². The van der Waals surface area contributed by atoms with Crippen molar-refractivity contribution in [1.29, 1.82) is 0 Å². The molecule has 0 spiro atoms. The number of amides is 1. The highest BCUT2D eigenvalue weighted by Crippen LogP contribution is 2.25. The molecule has 2 aromatic rings. The SMILES string of the molecule is O=C(NCC(CCN1CCCCC1)c1ccccc1)c1cccc2c1CCCC2. The first kappa shape index (κ1) is 20.2. The molecule has 2 aliphatic rings. The molecule has 3 nitrogen and oxygen atoms in total. The van der Waals surface area contributed by atoms with Gasteiger partial charge in [-0.15, -0.1) is 0 Å². The number of rotatable bonds is 7. The Morgan fingerprint density at radius 1 is 0.897 bits per heavy atom. The van der Waals surface area contributed by atoms with Crippen LogP contribution in [-0.4, -0.2) is 37.0 Å². The van der Waals surface area contributed by atoms with Gasteiger partial charge in [-0.2, -0.15) is 0 Å². The lowest BCUT2D eigenvalue weighted by molar-refractivity contribution is 0.0948. The maximum Gasteiger partial charge on any atom is 0.251 e. The molecule has 1 unspecified atom stereocenters. The van der Waals surface area contributed by atoms with Crippen LogP contribution in [0.1, 0.15) is 71.5 Å². The van der Waals surface area contributed by atoms with Crippen LogP contribution in [0.25, 0.3) is 0 Å². The topological polar surface area (TPSA) is 32.3 Å². The molecule has 29 heavy (non-hydrogen) atoms. The lowest BCUT2D eigenvalue weighted by Gasteiger charge is -2.28. The zero-order chi connectivity index (χ0) is 19.9. The van der Waals surface area contributed by atoms with Gasteiger partial charge >= 0.3 is 0 Å². The number of hydrogen-bond donors (Lipinski definition) is 1. The molecule has 1 aliphatic carbocycles. The summed E-state index contributed by atoms with van der Waals surface area (Å²) in [5.74, 6) is 0.462. The molecular weight excluding hydrogens is 356 g/mol. The van der Waals surface area contributed by atoms with Gasteiger partial charge in [-0.3, -0.25) is 4.79 Å². The van der Waals surface area contributed by atoms with Crippen molar-refractivity contribution in [2.75, 3.05) is 26.2 Å². The smallest absolute Gasteiger partial charge is 0.251 e. The second kappa shape index (κ2) is 10.1. The maximum atomic E-state index is 13.0. The summed E-state index contributed by atoms with van der Waals surface area (Å²) >= 11 is 0. The van der Waals surface area contributed by atoms with Crippen LogP contribution in [0, 0.1) is 0 Å². The predicted molar refractivity (Wildman–Crippen MR) is 120 cm³/mol. The van der Waals surface area contributed by atoms with Crippen LogP contribution in [0.3, 0.4) is 0 Å². The Morgan fingerprint density at radius 2 is 1.69 bits per heavy atom. The van der Waals surface area contributed by atoms with E-state index in [4.69, 9.17) is 0 Å². The number of carbonyl (C=O) groups is 1. The summed E-state index contributed by atoms with van der Waals surface area (Å²) in [6, 6.07) is 16.9. The third-order valence-electron chi connectivity index (χ3n) is 6.66. The summed E-state index contributed by atoms with van der Waals surface area (Å²) in [7, 11) is 0. The van der Waals surface area contributed by atoms with Gasteiger partial charge in [0, 0.05) is 18.0 Å². The number of nitrogens with one attached hydrogen (secondary N) is 1. The molecule has 0 saturated carbocycles. The minimum atomic E-state index is 0.0997. The minimum Gasteiger partial charge on any atom is -0.351 e. The molecule has 1 atom stereocenters. The molecule has 3 heteroatoms. The van der Waals surface area contributed by atoms with E-state index in [9.17, 15) is 4.79 Å². The highest BCUT2D eigenvalue weighted by Gasteiger charge is 2.20. The molecule has 0 bridgehead atoms. The summed E-state index contributed by atoms with van der Waals surface area (Å²) in [5.41, 5.74) is 4.87. The summed E-state index contributed by atoms with van der Waals surface area (Å²) < 4.78 is 0. The average molecular weight is 391 g/mol. The van der Waals surface area contributed by atoms with Crippen LogP contribution in [0.15, 0.2) is 48.5 Å². The Kier molecular flexibility index (Phi) is 7.00. The van der Waals surface area contributed by atoms with E-state index in [0.717, 1.165) is 31.4 Å². The molecule has 2 aromatic carbocycles. The van der Waals surface area contributed by atoms with E-state index in [0.29, 0.717) is 12.5 Å². The van der Waals surface area contributed by atoms with Crippen molar-refractivity contribution in [3.63, 3.8) is 0 Å². The van der Waals surface area contributed by atoms with Crippen molar-refractivity contribution >= 4 is 5.91 Å². The Morgan fingerprint density at radius 3 is 2.52 bits per heavy atom. The van der Waals surface area contributed by atoms with Crippen molar-refractivity contribution in [3.05, 3.63) is 70.8 Å². The fraction of sp³-hybridized carbons (Fsp3) is 0.500. The normalized spacial score (nSPS) is 18.1. The molecule has 1 saturated heterocycles. The third-order valence-corrected chi connectivity index (χ3v) is 6.66. The van der Waals surface area contributed by atoms with E-state index in [1.54, 1.807) is 0 Å². The van der Waals surface area contributed by atoms with Gasteiger partial charge in [0.25, 0.3) is 5.91 Å². The monoisotopic (exact) mass is 390 g/mol. The zero-order valence-electron chi connectivity index (χ0n) is 17.5. The first-order chi connectivity index (χ1) is 14.3. The maximum absolute atomic E-state index is 13.0. The largest absolute Gasteiger partial charge is 0.351 e. The van der Waals surface area contributed by atoms with Gasteiger partial charge in [0.15, 0.2) is 0 Å². The standard InChI is InChI=1S/C26H34N2O/c29-26(25-15-9-13-22-12-5-6-14-24(22)25)27-20-23(21-10-3-1-4-11-21)16-19-28-17-7-2-8-18-28/h1,3-4,9-11,13,15,23H,2,5-8,12,14,16-20H2,(H,27,29). The summed E-state index contributed by atoms with van der Waals surface area (Å²) in [6.45, 7) is 4.28. The highest BCUT2D eigenvalue weighted by molar-refractivity contribution is 5.96. The number of likely N-dealkylation sites (tertiary alicyclic amines) is 1. The summed E-state index contributed by atoms with van der Waals surface area (Å²) in [4.78, 5) is 15.6. The van der Waals surface area contributed by atoms with Crippen LogP contribution in [0.4, 0.5) is 0 Å². The number of carbonyl (C=O) groups excluding carboxylic acids is 1. The molecule has 1 N–H and O–H groups in total. The lowest BCUT2D eigenvalue weighted by Crippen LogP contribution is -2.34. The Bertz CT molecular complexity index is 796. The van der Waals surface area contributed by atoms with Crippen molar-refractivity contribution in [2.45, 2.75) is 57.3 Å². The number of benzene rings is 2. The molecular formula is C26H34N2O. The number of fused-ring (bicyclic) bond motifs is 1.